The van der Waals surface area contributed by atoms with Crippen molar-refractivity contribution < 1.29 is 17.7 Å². The van der Waals surface area contributed by atoms with E-state index in [9.17, 15) is 13.2 Å². The zero-order valence-electron chi connectivity index (χ0n) is 7.31. The minimum Gasteiger partial charge on any atom is -0.338 e. The minimum absolute atomic E-state index is 0.0322. The molecule has 0 N–H and O–H groups in total. The van der Waals surface area contributed by atoms with Gasteiger partial charge in [0.15, 0.2) is 5.82 Å². The van der Waals surface area contributed by atoms with Crippen LogP contribution in [0.3, 0.4) is 0 Å². The van der Waals surface area contributed by atoms with Gasteiger partial charge in [-0.05, 0) is 6.92 Å². The molecule has 14 heavy (non-hydrogen) atoms. The Morgan fingerprint density at radius 2 is 2.14 bits per heavy atom. The molecule has 1 unspecified atom stereocenters. The number of hydrogen-bond acceptors (Lipinski definition) is 3. The van der Waals surface area contributed by atoms with Crippen LogP contribution in [0.15, 0.2) is 4.52 Å². The highest BCUT2D eigenvalue weighted by molar-refractivity contribution is 6.20. The second-order valence-corrected chi connectivity index (χ2v) is 3.43. The third kappa shape index (κ3) is 3.53. The highest BCUT2D eigenvalue weighted by Gasteiger charge is 2.27. The maximum absolute atomic E-state index is 11.8. The van der Waals surface area contributed by atoms with Gasteiger partial charge in [-0.3, -0.25) is 0 Å². The van der Waals surface area contributed by atoms with Gasteiger partial charge < -0.3 is 4.52 Å². The molecule has 0 fully saturated rings. The van der Waals surface area contributed by atoms with Crippen LogP contribution in [0.5, 0.6) is 0 Å². The molecule has 0 amide bonds. The fraction of sp³-hybridized carbons (Fsp3) is 0.714. The van der Waals surface area contributed by atoms with Gasteiger partial charge in [0.05, 0.1) is 6.42 Å². The van der Waals surface area contributed by atoms with E-state index in [4.69, 9.17) is 11.6 Å². The van der Waals surface area contributed by atoms with Gasteiger partial charge in [0.2, 0.25) is 5.89 Å². The summed E-state index contributed by atoms with van der Waals surface area (Å²) in [6.45, 7) is 1.60. The molecule has 0 aliphatic heterocycles. The van der Waals surface area contributed by atoms with Gasteiger partial charge in [0, 0.05) is 6.42 Å². The van der Waals surface area contributed by atoms with E-state index in [1.807, 2.05) is 0 Å². The fourth-order valence-electron chi connectivity index (χ4n) is 0.784. The number of alkyl halides is 4. The summed E-state index contributed by atoms with van der Waals surface area (Å²) in [5.74, 6) is 0.175. The number of nitrogens with zero attached hydrogens (tertiary/aromatic N) is 2. The van der Waals surface area contributed by atoms with E-state index in [-0.39, 0.29) is 18.1 Å². The molecule has 0 aromatic carbocycles. The Morgan fingerprint density at radius 3 is 2.57 bits per heavy atom. The molecular weight excluding hydrogens is 221 g/mol. The maximum atomic E-state index is 11.8. The quantitative estimate of drug-likeness (QED) is 0.747. The van der Waals surface area contributed by atoms with Gasteiger partial charge in [0.25, 0.3) is 0 Å². The Bertz CT molecular complexity index is 297. The monoisotopic (exact) mass is 228 g/mol. The first kappa shape index (κ1) is 11.3. The molecule has 1 aromatic rings. The molecule has 7 heteroatoms. The highest BCUT2D eigenvalue weighted by atomic mass is 35.5. The van der Waals surface area contributed by atoms with Gasteiger partial charge >= 0.3 is 6.18 Å². The SMILES string of the molecule is CC(Cl)c1nc(CCC(F)(F)F)no1. The standard InChI is InChI=1S/C7H8ClF3N2O/c1-4(8)6-12-5(13-14-6)2-3-7(9,10)11/h4H,2-3H2,1H3. The molecule has 3 nitrogen and oxygen atoms in total. The molecule has 0 saturated heterocycles. The van der Waals surface area contributed by atoms with Crippen LogP contribution in [0.2, 0.25) is 0 Å². The van der Waals surface area contributed by atoms with Crippen LogP contribution in [0, 0.1) is 0 Å². The van der Waals surface area contributed by atoms with Crippen LogP contribution >= 0.6 is 11.6 Å². The van der Waals surface area contributed by atoms with Gasteiger partial charge in [-0.1, -0.05) is 5.16 Å². The summed E-state index contributed by atoms with van der Waals surface area (Å²) in [5, 5.41) is 2.89. The van der Waals surface area contributed by atoms with Gasteiger partial charge in [0.1, 0.15) is 5.38 Å². The summed E-state index contributed by atoms with van der Waals surface area (Å²) < 4.78 is 40.0. The van der Waals surface area contributed by atoms with Crippen molar-refractivity contribution in [1.29, 1.82) is 0 Å². The summed E-state index contributed by atoms with van der Waals surface area (Å²) in [7, 11) is 0. The zero-order valence-corrected chi connectivity index (χ0v) is 8.06. The Hall–Kier alpha value is -0.780. The summed E-state index contributed by atoms with van der Waals surface area (Å²) in [4.78, 5) is 3.70. The van der Waals surface area contributed by atoms with E-state index in [2.05, 4.69) is 14.7 Å². The molecule has 80 valence electrons. The molecule has 0 aliphatic rings. The van der Waals surface area contributed by atoms with E-state index in [0.29, 0.717) is 0 Å². The fourth-order valence-corrected chi connectivity index (χ4v) is 0.873. The predicted octanol–water partition coefficient (Wildman–Crippen LogP) is 2.86. The topological polar surface area (TPSA) is 38.9 Å². The Morgan fingerprint density at radius 1 is 1.50 bits per heavy atom. The molecule has 0 saturated carbocycles. The van der Waals surface area contributed by atoms with Crippen molar-refractivity contribution in [3.05, 3.63) is 11.7 Å². The summed E-state index contributed by atoms with van der Waals surface area (Å²) in [6, 6.07) is 0. The van der Waals surface area contributed by atoms with Gasteiger partial charge in [-0.2, -0.15) is 18.2 Å². The van der Waals surface area contributed by atoms with Crippen molar-refractivity contribution >= 4 is 11.6 Å². The number of rotatable bonds is 3. The summed E-state index contributed by atoms with van der Waals surface area (Å²) >= 11 is 5.59. The third-order valence-corrected chi connectivity index (χ3v) is 1.64. The summed E-state index contributed by atoms with van der Waals surface area (Å²) in [6.07, 6.45) is -5.44. The van der Waals surface area contributed by atoms with Gasteiger partial charge in [-0.25, -0.2) is 0 Å². The molecular formula is C7H8ClF3N2O. The molecule has 1 aromatic heterocycles. The molecule has 0 radical (unpaired) electrons. The lowest BCUT2D eigenvalue weighted by molar-refractivity contribution is -0.134. The first-order chi connectivity index (χ1) is 6.38. The van der Waals surface area contributed by atoms with Crippen LogP contribution in [0.4, 0.5) is 13.2 Å². The molecule has 1 rings (SSSR count). The van der Waals surface area contributed by atoms with E-state index in [1.165, 1.54) is 0 Å². The predicted molar refractivity (Wildman–Crippen MR) is 42.9 cm³/mol. The molecule has 0 aliphatic carbocycles. The molecule has 0 bridgehead atoms. The van der Waals surface area contributed by atoms with Crippen LogP contribution in [-0.2, 0) is 6.42 Å². The Balaban J connectivity index is 2.52. The number of hydrogen-bond donors (Lipinski definition) is 0. The lowest BCUT2D eigenvalue weighted by atomic mass is 10.3. The second kappa shape index (κ2) is 4.16. The van der Waals surface area contributed by atoms with Crippen molar-refractivity contribution in [1.82, 2.24) is 10.1 Å². The van der Waals surface area contributed by atoms with Crippen LogP contribution in [0.25, 0.3) is 0 Å². The van der Waals surface area contributed by atoms with Crippen molar-refractivity contribution in [2.45, 2.75) is 31.3 Å². The molecule has 0 spiro atoms. The van der Waals surface area contributed by atoms with E-state index in [0.717, 1.165) is 0 Å². The first-order valence-electron chi connectivity index (χ1n) is 3.92. The van der Waals surface area contributed by atoms with Crippen molar-refractivity contribution in [3.8, 4) is 0 Å². The normalized spacial score (nSPS) is 14.4. The third-order valence-electron chi connectivity index (χ3n) is 1.46. The lowest BCUT2D eigenvalue weighted by Gasteiger charge is -2.01. The number of aromatic nitrogens is 2. The van der Waals surface area contributed by atoms with Crippen LogP contribution in [-0.4, -0.2) is 16.3 Å². The Kier molecular flexibility index (Phi) is 3.36. The van der Waals surface area contributed by atoms with E-state index >= 15 is 0 Å². The van der Waals surface area contributed by atoms with Crippen molar-refractivity contribution in [2.75, 3.05) is 0 Å². The maximum Gasteiger partial charge on any atom is 0.389 e. The molecule has 1 atom stereocenters. The van der Waals surface area contributed by atoms with Crippen molar-refractivity contribution in [2.24, 2.45) is 0 Å². The minimum atomic E-state index is -4.20. The van der Waals surface area contributed by atoms with E-state index < -0.39 is 18.0 Å². The van der Waals surface area contributed by atoms with E-state index in [1.54, 1.807) is 6.92 Å². The lowest BCUT2D eigenvalue weighted by Crippen LogP contribution is -2.09. The summed E-state index contributed by atoms with van der Waals surface area (Å²) in [5.41, 5.74) is 0. The number of halogens is 4. The molecule has 1 heterocycles. The average molecular weight is 229 g/mol. The van der Waals surface area contributed by atoms with Crippen molar-refractivity contribution in [3.63, 3.8) is 0 Å². The Labute approximate surface area is 83.2 Å². The van der Waals surface area contributed by atoms with Crippen LogP contribution < -0.4 is 0 Å². The number of aryl methyl sites for hydroxylation is 1. The first-order valence-corrected chi connectivity index (χ1v) is 4.35. The zero-order chi connectivity index (χ0) is 10.8. The largest absolute Gasteiger partial charge is 0.389 e. The smallest absolute Gasteiger partial charge is 0.338 e. The van der Waals surface area contributed by atoms with Gasteiger partial charge in [-0.15, -0.1) is 11.6 Å². The second-order valence-electron chi connectivity index (χ2n) is 2.78. The highest BCUT2D eigenvalue weighted by Crippen LogP contribution is 2.22. The average Bonchev–Trinajstić information content (AvgIpc) is 2.47. The van der Waals surface area contributed by atoms with Crippen LogP contribution in [0.1, 0.15) is 30.4 Å².